The molecule has 0 aromatic carbocycles. The zero-order valence-corrected chi connectivity index (χ0v) is 17.0. The van der Waals surface area contributed by atoms with Crippen molar-refractivity contribution < 1.29 is 4.79 Å². The predicted molar refractivity (Wildman–Crippen MR) is 105 cm³/mol. The van der Waals surface area contributed by atoms with E-state index >= 15 is 0 Å². The summed E-state index contributed by atoms with van der Waals surface area (Å²) in [6, 6.07) is 0.888. The number of carbonyl (C=O) groups excluding carboxylic acids is 1. The average molecular weight is 435 g/mol. The summed E-state index contributed by atoms with van der Waals surface area (Å²) in [5.74, 6) is 0.891. The third-order valence-electron chi connectivity index (χ3n) is 4.11. The molecule has 1 saturated heterocycles. The number of likely N-dealkylation sites (N-methyl/N-ethyl adjacent to an activating group) is 1. The largest absolute Gasteiger partial charge is 0.354 e. The number of amides is 1. The Balaban J connectivity index is 0.00000264. The van der Waals surface area contributed by atoms with Crippen LogP contribution in [0.2, 0.25) is 0 Å². The second-order valence-electron chi connectivity index (χ2n) is 6.54. The van der Waals surface area contributed by atoms with Gasteiger partial charge in [0.25, 0.3) is 0 Å². The van der Waals surface area contributed by atoms with E-state index in [1.807, 2.05) is 0 Å². The minimum atomic E-state index is 0. The van der Waals surface area contributed by atoms with Crippen molar-refractivity contribution in [2.24, 2.45) is 4.99 Å². The van der Waals surface area contributed by atoms with Gasteiger partial charge in [-0.3, -0.25) is 9.69 Å². The Morgan fingerprint density at radius 2 is 2.00 bits per heavy atom. The van der Waals surface area contributed by atoms with E-state index < -0.39 is 0 Å². The first-order chi connectivity index (χ1) is 10.5. The summed E-state index contributed by atoms with van der Waals surface area (Å²) in [6.07, 6.45) is 5.63. The average Bonchev–Trinajstić information content (AvgIpc) is 3.12. The number of nitrogens with one attached hydrogen (secondary N) is 1. The van der Waals surface area contributed by atoms with Crippen LogP contribution in [-0.2, 0) is 4.79 Å². The molecule has 7 heteroatoms. The molecule has 1 atom stereocenters. The van der Waals surface area contributed by atoms with Gasteiger partial charge >= 0.3 is 0 Å². The van der Waals surface area contributed by atoms with Crippen LogP contribution in [0.15, 0.2) is 17.1 Å². The molecule has 2 rings (SSSR count). The molecule has 0 aromatic heterocycles. The molecule has 23 heavy (non-hydrogen) atoms. The topological polar surface area (TPSA) is 51.2 Å². The van der Waals surface area contributed by atoms with Crippen molar-refractivity contribution in [2.75, 3.05) is 46.8 Å². The maximum Gasteiger partial charge on any atom is 0.243 e. The minimum Gasteiger partial charge on any atom is -0.354 e. The van der Waals surface area contributed by atoms with Crippen LogP contribution in [0, 0.1) is 0 Å². The van der Waals surface area contributed by atoms with Crippen molar-refractivity contribution in [3.05, 3.63) is 12.2 Å². The maximum atomic E-state index is 11.8. The highest BCUT2D eigenvalue weighted by Crippen LogP contribution is 2.18. The van der Waals surface area contributed by atoms with Crippen molar-refractivity contribution in [2.45, 2.75) is 32.4 Å². The smallest absolute Gasteiger partial charge is 0.243 e. The lowest BCUT2D eigenvalue weighted by molar-refractivity contribution is -0.127. The van der Waals surface area contributed by atoms with Gasteiger partial charge in [0.1, 0.15) is 6.54 Å². The number of hydrogen-bond donors (Lipinski definition) is 1. The van der Waals surface area contributed by atoms with Crippen molar-refractivity contribution in [1.29, 1.82) is 0 Å². The summed E-state index contributed by atoms with van der Waals surface area (Å²) in [5, 5.41) is 3.40. The Bertz CT molecular complexity index is 442. The normalized spacial score (nSPS) is 21.7. The Morgan fingerprint density at radius 1 is 1.35 bits per heavy atom. The molecule has 0 bridgehead atoms. The molecule has 132 valence electrons. The van der Waals surface area contributed by atoms with Crippen LogP contribution < -0.4 is 5.32 Å². The number of nitrogens with zero attached hydrogens (tertiary/aromatic N) is 4. The van der Waals surface area contributed by atoms with Crippen LogP contribution in [0.25, 0.3) is 0 Å². The molecule has 0 spiro atoms. The first-order valence-corrected chi connectivity index (χ1v) is 8.12. The number of hydrogen-bond acceptors (Lipinski definition) is 3. The Labute approximate surface area is 157 Å². The molecular formula is C16H30IN5O. The Kier molecular flexibility index (Phi) is 8.32. The van der Waals surface area contributed by atoms with Crippen molar-refractivity contribution in [3.63, 3.8) is 0 Å². The monoisotopic (exact) mass is 435 g/mol. The molecule has 2 aliphatic heterocycles. The summed E-state index contributed by atoms with van der Waals surface area (Å²) in [6.45, 7) is 8.49. The van der Waals surface area contributed by atoms with E-state index in [2.05, 4.69) is 46.1 Å². The minimum absolute atomic E-state index is 0. The van der Waals surface area contributed by atoms with E-state index in [1.165, 1.54) is 0 Å². The molecule has 2 heterocycles. The fourth-order valence-electron chi connectivity index (χ4n) is 2.80. The van der Waals surface area contributed by atoms with E-state index in [0.29, 0.717) is 12.1 Å². The first kappa shape index (κ1) is 20.2. The summed E-state index contributed by atoms with van der Waals surface area (Å²) in [7, 11) is 3.53. The lowest BCUT2D eigenvalue weighted by atomic mass is 10.2. The van der Waals surface area contributed by atoms with Gasteiger partial charge in [0.05, 0.1) is 0 Å². The van der Waals surface area contributed by atoms with Gasteiger partial charge in [0, 0.05) is 52.4 Å². The zero-order chi connectivity index (χ0) is 16.1. The van der Waals surface area contributed by atoms with Gasteiger partial charge in [-0.2, -0.15) is 0 Å². The van der Waals surface area contributed by atoms with Gasteiger partial charge in [-0.1, -0.05) is 12.2 Å². The van der Waals surface area contributed by atoms with Gasteiger partial charge in [-0.15, -0.1) is 24.0 Å². The Hall–Kier alpha value is -0.830. The molecule has 1 N–H and O–H groups in total. The van der Waals surface area contributed by atoms with Crippen LogP contribution in [-0.4, -0.2) is 85.5 Å². The van der Waals surface area contributed by atoms with Crippen molar-refractivity contribution >= 4 is 35.8 Å². The molecule has 6 nitrogen and oxygen atoms in total. The highest BCUT2D eigenvalue weighted by atomic mass is 127. The van der Waals surface area contributed by atoms with Crippen molar-refractivity contribution in [3.8, 4) is 0 Å². The van der Waals surface area contributed by atoms with Crippen LogP contribution in [0.1, 0.15) is 20.3 Å². The van der Waals surface area contributed by atoms with E-state index in [4.69, 9.17) is 0 Å². The van der Waals surface area contributed by atoms with E-state index in [0.717, 1.165) is 38.6 Å². The van der Waals surface area contributed by atoms with Crippen molar-refractivity contribution in [1.82, 2.24) is 20.0 Å². The van der Waals surface area contributed by atoms with E-state index in [9.17, 15) is 4.79 Å². The van der Waals surface area contributed by atoms with Crippen LogP contribution in [0.5, 0.6) is 0 Å². The van der Waals surface area contributed by atoms with Gasteiger partial charge in [0.15, 0.2) is 5.96 Å². The quantitative estimate of drug-likeness (QED) is 0.310. The lowest BCUT2D eigenvalue weighted by Gasteiger charge is -2.26. The van der Waals surface area contributed by atoms with Gasteiger partial charge in [0.2, 0.25) is 5.91 Å². The summed E-state index contributed by atoms with van der Waals surface area (Å²) in [5.41, 5.74) is 0. The fourth-order valence-corrected chi connectivity index (χ4v) is 2.80. The molecule has 0 saturated carbocycles. The number of carbonyl (C=O) groups is 1. The van der Waals surface area contributed by atoms with Gasteiger partial charge in [-0.05, 0) is 20.3 Å². The molecule has 1 amide bonds. The molecule has 1 unspecified atom stereocenters. The summed E-state index contributed by atoms with van der Waals surface area (Å²) < 4.78 is 0. The fraction of sp³-hybridized carbons (Fsp3) is 0.750. The second-order valence-corrected chi connectivity index (χ2v) is 6.54. The predicted octanol–water partition coefficient (Wildman–Crippen LogP) is 0.993. The molecular weight excluding hydrogens is 405 g/mol. The molecule has 1 fully saturated rings. The molecule has 2 aliphatic rings. The molecule has 0 aromatic rings. The van der Waals surface area contributed by atoms with Gasteiger partial charge < -0.3 is 15.1 Å². The van der Waals surface area contributed by atoms with E-state index in [1.54, 1.807) is 19.0 Å². The van der Waals surface area contributed by atoms with Gasteiger partial charge in [-0.25, -0.2) is 4.99 Å². The van der Waals surface area contributed by atoms with Crippen LogP contribution in [0.3, 0.4) is 0 Å². The number of halogens is 1. The summed E-state index contributed by atoms with van der Waals surface area (Å²) >= 11 is 0. The highest BCUT2D eigenvalue weighted by Gasteiger charge is 2.29. The van der Waals surface area contributed by atoms with E-state index in [-0.39, 0.29) is 36.4 Å². The number of rotatable bonds is 4. The first-order valence-electron chi connectivity index (χ1n) is 8.12. The van der Waals surface area contributed by atoms with Crippen LogP contribution >= 0.6 is 24.0 Å². The number of likely N-dealkylation sites (tertiary alicyclic amines) is 1. The highest BCUT2D eigenvalue weighted by molar-refractivity contribution is 14.0. The number of guanidine groups is 1. The second kappa shape index (κ2) is 9.46. The Morgan fingerprint density at radius 3 is 2.57 bits per heavy atom. The molecule has 0 aliphatic carbocycles. The lowest BCUT2D eigenvalue weighted by Crippen LogP contribution is -2.45. The SMILES string of the molecule is CC(C)NC(=NCC(=O)N(C)C)N1CCC(N2CC=CC2)C1.I. The van der Waals surface area contributed by atoms with Crippen LogP contribution in [0.4, 0.5) is 0 Å². The maximum absolute atomic E-state index is 11.8. The standard InChI is InChI=1S/C16H29N5O.HI/c1-13(2)18-16(17-11-15(22)19(3)4)21-10-7-14(12-21)20-8-5-6-9-20;/h5-6,13-14H,7-12H2,1-4H3,(H,17,18);1H. The third kappa shape index (κ3) is 5.95. The number of aliphatic imine (C=N–C) groups is 1. The zero-order valence-electron chi connectivity index (χ0n) is 14.7. The summed E-state index contributed by atoms with van der Waals surface area (Å²) in [4.78, 5) is 22.7. The molecule has 0 radical (unpaired) electrons. The third-order valence-corrected chi connectivity index (χ3v) is 4.11.